The van der Waals surface area contributed by atoms with Gasteiger partial charge in [0.1, 0.15) is 11.4 Å². The minimum Gasteiger partial charge on any atom is -0.493 e. The molecule has 4 nitrogen and oxygen atoms in total. The third-order valence-corrected chi connectivity index (χ3v) is 6.01. The molecule has 0 aliphatic carbocycles. The fourth-order valence-electron chi connectivity index (χ4n) is 4.03. The van der Waals surface area contributed by atoms with Crippen LogP contribution in [-0.4, -0.2) is 16.0 Å². The first kappa shape index (κ1) is 25.2. The Morgan fingerprint density at radius 2 is 1.39 bits per heavy atom. The van der Waals surface area contributed by atoms with Crippen molar-refractivity contribution in [2.45, 2.75) is 45.9 Å². The number of alkyl halides is 3. The quantitative estimate of drug-likeness (QED) is 0.270. The Kier molecular flexibility index (Phi) is 7.02. The molecule has 1 aromatic heterocycles. The van der Waals surface area contributed by atoms with Crippen LogP contribution >= 0.6 is 0 Å². The van der Waals surface area contributed by atoms with E-state index in [1.54, 1.807) is 16.7 Å². The Morgan fingerprint density at radius 1 is 0.806 bits per heavy atom. The van der Waals surface area contributed by atoms with Crippen LogP contribution < -0.4 is 10.1 Å². The van der Waals surface area contributed by atoms with Crippen LogP contribution in [0.5, 0.6) is 11.6 Å². The van der Waals surface area contributed by atoms with Crippen LogP contribution in [0.3, 0.4) is 0 Å². The summed E-state index contributed by atoms with van der Waals surface area (Å²) in [5, 5.41) is 14.5. The summed E-state index contributed by atoms with van der Waals surface area (Å²) in [6.07, 6.45) is -4.80. The highest BCUT2D eigenvalue weighted by Gasteiger charge is 2.31. The van der Waals surface area contributed by atoms with Crippen molar-refractivity contribution >= 4 is 11.4 Å². The molecule has 188 valence electrons. The van der Waals surface area contributed by atoms with Crippen molar-refractivity contribution in [2.24, 2.45) is 0 Å². The van der Waals surface area contributed by atoms with Crippen molar-refractivity contribution in [3.63, 3.8) is 0 Å². The fourth-order valence-corrected chi connectivity index (χ4v) is 4.03. The van der Waals surface area contributed by atoms with Crippen molar-refractivity contribution in [1.82, 2.24) is 4.57 Å². The number of aromatic nitrogens is 1. The molecule has 0 fully saturated rings. The summed E-state index contributed by atoms with van der Waals surface area (Å²) >= 11 is 0. The molecule has 0 spiro atoms. The molecule has 0 atom stereocenters. The van der Waals surface area contributed by atoms with Crippen molar-refractivity contribution < 1.29 is 23.0 Å². The first-order valence-electron chi connectivity index (χ1n) is 11.8. The smallest absolute Gasteiger partial charge is 0.493 e. The number of halogens is 3. The average Bonchev–Trinajstić information content (AvgIpc) is 3.14. The van der Waals surface area contributed by atoms with Gasteiger partial charge in [0, 0.05) is 16.9 Å². The zero-order valence-corrected chi connectivity index (χ0v) is 20.6. The first-order valence-corrected chi connectivity index (χ1v) is 11.8. The summed E-state index contributed by atoms with van der Waals surface area (Å²) in [5.41, 5.74) is 5.19. The molecular weight excluding hydrogens is 465 g/mol. The Morgan fingerprint density at radius 3 is 1.94 bits per heavy atom. The van der Waals surface area contributed by atoms with E-state index in [1.807, 2.05) is 48.5 Å². The second kappa shape index (κ2) is 10.0. The third kappa shape index (κ3) is 5.67. The van der Waals surface area contributed by atoms with Crippen LogP contribution in [-0.2, 0) is 0 Å². The molecule has 0 bridgehead atoms. The van der Waals surface area contributed by atoms with Gasteiger partial charge >= 0.3 is 6.36 Å². The maximum absolute atomic E-state index is 12.8. The molecule has 3 aromatic carbocycles. The number of nitrogens with zero attached hydrogens (tertiary/aromatic N) is 1. The highest BCUT2D eigenvalue weighted by Crippen LogP contribution is 2.40. The molecular formula is C29H29F3N2O2. The maximum Gasteiger partial charge on any atom is 0.573 e. The number of nitrogens with one attached hydrogen (secondary N) is 1. The zero-order chi connectivity index (χ0) is 26.0. The minimum atomic E-state index is -4.80. The number of benzene rings is 3. The Bertz CT molecular complexity index is 1320. The second-order valence-corrected chi connectivity index (χ2v) is 9.33. The molecule has 0 aliphatic rings. The van der Waals surface area contributed by atoms with E-state index in [9.17, 15) is 18.3 Å². The molecule has 0 radical (unpaired) electrons. The van der Waals surface area contributed by atoms with Crippen molar-refractivity contribution in [2.75, 3.05) is 5.32 Å². The van der Waals surface area contributed by atoms with Gasteiger partial charge in [-0.05, 0) is 65.4 Å². The van der Waals surface area contributed by atoms with Gasteiger partial charge in [-0.2, -0.15) is 0 Å². The fraction of sp³-hybridized carbons (Fsp3) is 0.241. The molecule has 4 rings (SSSR count). The van der Waals surface area contributed by atoms with E-state index in [2.05, 4.69) is 37.7 Å². The van der Waals surface area contributed by atoms with Gasteiger partial charge in [0.15, 0.2) is 0 Å². The van der Waals surface area contributed by atoms with E-state index in [0.29, 0.717) is 34.5 Å². The summed E-state index contributed by atoms with van der Waals surface area (Å²) in [6.45, 7) is 8.41. The van der Waals surface area contributed by atoms with Crippen molar-refractivity contribution in [3.8, 4) is 28.6 Å². The number of hydrogen-bond acceptors (Lipinski definition) is 3. The molecule has 0 saturated carbocycles. The second-order valence-electron chi connectivity index (χ2n) is 9.33. The van der Waals surface area contributed by atoms with E-state index in [1.165, 1.54) is 23.8 Å². The average molecular weight is 495 g/mol. The van der Waals surface area contributed by atoms with Crippen LogP contribution in [0.2, 0.25) is 0 Å². The van der Waals surface area contributed by atoms with Gasteiger partial charge in [-0.25, -0.2) is 0 Å². The van der Waals surface area contributed by atoms with E-state index in [0.717, 1.165) is 11.3 Å². The number of hydrogen-bond donors (Lipinski definition) is 2. The largest absolute Gasteiger partial charge is 0.573 e. The van der Waals surface area contributed by atoms with Gasteiger partial charge in [-0.3, -0.25) is 4.57 Å². The molecule has 0 aliphatic heterocycles. The standard InChI is InChI=1S/C29H29F3N2O2/c1-18(2)20-8-12-23(13-9-20)33-26-17-27(22-6-5-7-25(16-22)36-29(30,31)32)34(28(26)35)24-14-10-21(11-15-24)19(3)4/h5-19,33,35H,1-4H3. The lowest BCUT2D eigenvalue weighted by Gasteiger charge is -2.14. The molecule has 4 aromatic rings. The highest BCUT2D eigenvalue weighted by molar-refractivity contribution is 5.77. The SMILES string of the molecule is CC(C)c1ccc(Nc2cc(-c3cccc(OC(F)(F)F)c3)n(-c3ccc(C(C)C)cc3)c2O)cc1. The Hall–Kier alpha value is -3.87. The maximum atomic E-state index is 12.8. The third-order valence-electron chi connectivity index (χ3n) is 6.01. The van der Waals surface area contributed by atoms with E-state index in [4.69, 9.17) is 0 Å². The van der Waals surface area contributed by atoms with Gasteiger partial charge in [0.25, 0.3) is 0 Å². The predicted octanol–water partition coefficient (Wildman–Crippen LogP) is 8.74. The summed E-state index contributed by atoms with van der Waals surface area (Å²) in [6, 6.07) is 23.1. The Labute approximate surface area is 209 Å². The number of ether oxygens (including phenoxy) is 1. The predicted molar refractivity (Wildman–Crippen MR) is 137 cm³/mol. The molecule has 2 N–H and O–H groups in total. The van der Waals surface area contributed by atoms with Crippen LogP contribution in [0.15, 0.2) is 78.9 Å². The lowest BCUT2D eigenvalue weighted by atomic mass is 10.0. The van der Waals surface area contributed by atoms with E-state index in [-0.39, 0.29) is 11.6 Å². The lowest BCUT2D eigenvalue weighted by molar-refractivity contribution is -0.274. The van der Waals surface area contributed by atoms with Crippen LogP contribution in [0.1, 0.15) is 50.7 Å². The van der Waals surface area contributed by atoms with Crippen molar-refractivity contribution in [1.29, 1.82) is 0 Å². The van der Waals surface area contributed by atoms with Gasteiger partial charge in [-0.15, -0.1) is 13.2 Å². The summed E-state index contributed by atoms with van der Waals surface area (Å²) in [5.74, 6) is 0.331. The Balaban J connectivity index is 1.79. The molecule has 0 unspecified atom stereocenters. The first-order chi connectivity index (χ1) is 17.0. The summed E-state index contributed by atoms with van der Waals surface area (Å²) in [4.78, 5) is 0. The topological polar surface area (TPSA) is 46.4 Å². The number of anilines is 2. The normalized spacial score (nSPS) is 11.8. The molecule has 0 amide bonds. The van der Waals surface area contributed by atoms with Crippen LogP contribution in [0.4, 0.5) is 24.5 Å². The van der Waals surface area contributed by atoms with Crippen molar-refractivity contribution in [3.05, 3.63) is 90.0 Å². The number of rotatable bonds is 7. The van der Waals surface area contributed by atoms with Gasteiger partial charge < -0.3 is 15.2 Å². The summed E-state index contributed by atoms with van der Waals surface area (Å²) in [7, 11) is 0. The van der Waals surface area contributed by atoms with Crippen LogP contribution in [0.25, 0.3) is 16.9 Å². The monoisotopic (exact) mass is 494 g/mol. The summed E-state index contributed by atoms with van der Waals surface area (Å²) < 4.78 is 44.2. The van der Waals surface area contributed by atoms with E-state index >= 15 is 0 Å². The van der Waals surface area contributed by atoms with E-state index < -0.39 is 6.36 Å². The van der Waals surface area contributed by atoms with Crippen LogP contribution in [0, 0.1) is 0 Å². The van der Waals surface area contributed by atoms with Gasteiger partial charge in [-0.1, -0.05) is 64.1 Å². The zero-order valence-electron chi connectivity index (χ0n) is 20.6. The van der Waals surface area contributed by atoms with Gasteiger partial charge in [0.2, 0.25) is 5.88 Å². The number of aromatic hydroxyl groups is 1. The molecule has 0 saturated heterocycles. The molecule has 1 heterocycles. The minimum absolute atomic E-state index is 0.0580. The molecule has 36 heavy (non-hydrogen) atoms. The lowest BCUT2D eigenvalue weighted by Crippen LogP contribution is -2.17. The van der Waals surface area contributed by atoms with Gasteiger partial charge in [0.05, 0.1) is 5.69 Å². The molecule has 7 heteroatoms. The highest BCUT2D eigenvalue weighted by atomic mass is 19.4.